The average molecular weight is 170 g/mol. The van der Waals surface area contributed by atoms with Crippen LogP contribution in [0.5, 0.6) is 0 Å². The molecule has 0 amide bonds. The molecule has 2 aliphatic rings. The second-order valence-corrected chi connectivity index (χ2v) is 3.77. The topological polar surface area (TPSA) is 33.3 Å². The highest BCUT2D eigenvalue weighted by Crippen LogP contribution is 2.08. The second-order valence-electron chi connectivity index (χ2n) is 3.77. The van der Waals surface area contributed by atoms with Crippen LogP contribution in [0.4, 0.5) is 0 Å². The van der Waals surface area contributed by atoms with Crippen molar-refractivity contribution in [3.63, 3.8) is 0 Å². The summed E-state index contributed by atoms with van der Waals surface area (Å²) in [6, 6.07) is 1.31. The molecule has 12 heavy (non-hydrogen) atoms. The van der Waals surface area contributed by atoms with Crippen LogP contribution in [0.1, 0.15) is 19.3 Å². The van der Waals surface area contributed by atoms with Crippen molar-refractivity contribution in [2.75, 3.05) is 26.3 Å². The molecule has 0 aromatic heterocycles. The SMILES string of the molecule is C1COCC(NC2CCNC2)C1. The quantitative estimate of drug-likeness (QED) is 0.617. The van der Waals surface area contributed by atoms with E-state index in [1.165, 1.54) is 25.8 Å². The lowest BCUT2D eigenvalue weighted by Gasteiger charge is -2.26. The van der Waals surface area contributed by atoms with Crippen molar-refractivity contribution >= 4 is 0 Å². The zero-order chi connectivity index (χ0) is 8.23. The molecule has 2 unspecified atom stereocenters. The van der Waals surface area contributed by atoms with Crippen molar-refractivity contribution < 1.29 is 4.74 Å². The van der Waals surface area contributed by atoms with Crippen molar-refractivity contribution in [1.29, 1.82) is 0 Å². The minimum absolute atomic E-state index is 0.614. The molecule has 2 heterocycles. The van der Waals surface area contributed by atoms with E-state index in [-0.39, 0.29) is 0 Å². The van der Waals surface area contributed by atoms with Gasteiger partial charge in [0.25, 0.3) is 0 Å². The van der Waals surface area contributed by atoms with Gasteiger partial charge in [0.05, 0.1) is 6.61 Å². The van der Waals surface area contributed by atoms with Crippen LogP contribution in [-0.2, 0) is 4.74 Å². The van der Waals surface area contributed by atoms with Gasteiger partial charge in [-0.3, -0.25) is 0 Å². The van der Waals surface area contributed by atoms with E-state index < -0.39 is 0 Å². The Morgan fingerprint density at radius 1 is 1.25 bits per heavy atom. The molecule has 0 aromatic rings. The maximum Gasteiger partial charge on any atom is 0.0619 e. The monoisotopic (exact) mass is 170 g/mol. The van der Waals surface area contributed by atoms with Crippen LogP contribution in [0.25, 0.3) is 0 Å². The molecule has 0 radical (unpaired) electrons. The lowest BCUT2D eigenvalue weighted by Crippen LogP contribution is -2.43. The van der Waals surface area contributed by atoms with Crippen molar-refractivity contribution in [2.45, 2.75) is 31.3 Å². The fraction of sp³-hybridized carbons (Fsp3) is 1.00. The van der Waals surface area contributed by atoms with E-state index in [9.17, 15) is 0 Å². The van der Waals surface area contributed by atoms with Crippen molar-refractivity contribution in [3.8, 4) is 0 Å². The van der Waals surface area contributed by atoms with Crippen LogP contribution in [0.3, 0.4) is 0 Å². The van der Waals surface area contributed by atoms with Crippen molar-refractivity contribution in [3.05, 3.63) is 0 Å². The largest absolute Gasteiger partial charge is 0.380 e. The van der Waals surface area contributed by atoms with Gasteiger partial charge in [0, 0.05) is 25.2 Å². The summed E-state index contributed by atoms with van der Waals surface area (Å²) in [5.74, 6) is 0. The molecule has 2 fully saturated rings. The van der Waals surface area contributed by atoms with Crippen LogP contribution >= 0.6 is 0 Å². The van der Waals surface area contributed by atoms with E-state index in [0.29, 0.717) is 12.1 Å². The van der Waals surface area contributed by atoms with Crippen LogP contribution in [0, 0.1) is 0 Å². The number of rotatable bonds is 2. The Bertz CT molecular complexity index is 128. The Kier molecular flexibility index (Phi) is 2.98. The highest BCUT2D eigenvalue weighted by molar-refractivity contribution is 4.82. The van der Waals surface area contributed by atoms with E-state index in [2.05, 4.69) is 10.6 Å². The minimum atomic E-state index is 0.614. The summed E-state index contributed by atoms with van der Waals surface area (Å²) in [7, 11) is 0. The number of ether oxygens (including phenoxy) is 1. The van der Waals surface area contributed by atoms with Gasteiger partial charge in [0.1, 0.15) is 0 Å². The molecule has 3 nitrogen and oxygen atoms in total. The Labute approximate surface area is 73.9 Å². The third kappa shape index (κ3) is 2.19. The van der Waals surface area contributed by atoms with Gasteiger partial charge in [-0.05, 0) is 25.8 Å². The molecule has 3 heteroatoms. The van der Waals surface area contributed by atoms with E-state index in [1.807, 2.05) is 0 Å². The van der Waals surface area contributed by atoms with Crippen molar-refractivity contribution in [2.24, 2.45) is 0 Å². The van der Waals surface area contributed by atoms with E-state index >= 15 is 0 Å². The first-order valence-electron chi connectivity index (χ1n) is 4.99. The molecule has 0 spiro atoms. The fourth-order valence-electron chi connectivity index (χ4n) is 2.00. The number of hydrogen-bond donors (Lipinski definition) is 2. The van der Waals surface area contributed by atoms with E-state index in [1.54, 1.807) is 0 Å². The maximum absolute atomic E-state index is 5.41. The van der Waals surface area contributed by atoms with Crippen molar-refractivity contribution in [1.82, 2.24) is 10.6 Å². The first kappa shape index (κ1) is 8.48. The third-order valence-corrected chi connectivity index (χ3v) is 2.69. The Balaban J connectivity index is 1.69. The summed E-state index contributed by atoms with van der Waals surface area (Å²) < 4.78 is 5.41. The Hall–Kier alpha value is -0.120. The average Bonchev–Trinajstić information content (AvgIpc) is 2.59. The summed E-state index contributed by atoms with van der Waals surface area (Å²) in [5.41, 5.74) is 0. The van der Waals surface area contributed by atoms with Gasteiger partial charge in [-0.1, -0.05) is 0 Å². The molecule has 0 aromatic carbocycles. The smallest absolute Gasteiger partial charge is 0.0619 e. The molecule has 0 aliphatic carbocycles. The molecule has 2 N–H and O–H groups in total. The first-order chi connectivity index (χ1) is 5.95. The summed E-state index contributed by atoms with van der Waals surface area (Å²) in [6.07, 6.45) is 3.78. The Morgan fingerprint density at radius 3 is 2.92 bits per heavy atom. The highest BCUT2D eigenvalue weighted by Gasteiger charge is 2.20. The first-order valence-corrected chi connectivity index (χ1v) is 4.99. The zero-order valence-electron chi connectivity index (χ0n) is 7.51. The fourth-order valence-corrected chi connectivity index (χ4v) is 2.00. The predicted octanol–water partition coefficient (Wildman–Crippen LogP) is 0.117. The Morgan fingerprint density at radius 2 is 2.25 bits per heavy atom. The molecule has 70 valence electrons. The maximum atomic E-state index is 5.41. The van der Waals surface area contributed by atoms with Gasteiger partial charge < -0.3 is 15.4 Å². The van der Waals surface area contributed by atoms with Crippen LogP contribution in [0.2, 0.25) is 0 Å². The van der Waals surface area contributed by atoms with Gasteiger partial charge in [-0.25, -0.2) is 0 Å². The van der Waals surface area contributed by atoms with Gasteiger partial charge >= 0.3 is 0 Å². The lowest BCUT2D eigenvalue weighted by molar-refractivity contribution is 0.0671. The third-order valence-electron chi connectivity index (χ3n) is 2.69. The van der Waals surface area contributed by atoms with Gasteiger partial charge in [-0.2, -0.15) is 0 Å². The zero-order valence-corrected chi connectivity index (χ0v) is 7.51. The second kappa shape index (κ2) is 4.21. The highest BCUT2D eigenvalue weighted by atomic mass is 16.5. The molecular weight excluding hydrogens is 152 g/mol. The summed E-state index contributed by atoms with van der Waals surface area (Å²) in [6.45, 7) is 4.18. The van der Waals surface area contributed by atoms with E-state index in [0.717, 1.165) is 19.8 Å². The van der Waals surface area contributed by atoms with Gasteiger partial charge in [-0.15, -0.1) is 0 Å². The summed E-state index contributed by atoms with van der Waals surface area (Å²) in [4.78, 5) is 0. The van der Waals surface area contributed by atoms with E-state index in [4.69, 9.17) is 4.74 Å². The normalized spacial score (nSPS) is 37.0. The van der Waals surface area contributed by atoms with Gasteiger partial charge in [0.15, 0.2) is 0 Å². The van der Waals surface area contributed by atoms with Crippen LogP contribution in [0.15, 0.2) is 0 Å². The summed E-state index contributed by atoms with van der Waals surface area (Å²) in [5, 5.41) is 6.99. The van der Waals surface area contributed by atoms with Crippen LogP contribution in [-0.4, -0.2) is 38.4 Å². The molecule has 2 aliphatic heterocycles. The summed E-state index contributed by atoms with van der Waals surface area (Å²) >= 11 is 0. The van der Waals surface area contributed by atoms with Crippen LogP contribution < -0.4 is 10.6 Å². The lowest BCUT2D eigenvalue weighted by atomic mass is 10.1. The number of nitrogens with one attached hydrogen (secondary N) is 2. The number of hydrogen-bond acceptors (Lipinski definition) is 3. The molecule has 2 atom stereocenters. The molecule has 0 saturated carbocycles. The molecule has 2 rings (SSSR count). The standard InChI is InChI=1S/C9H18N2O/c1-2-9(7-12-5-1)11-8-3-4-10-6-8/h8-11H,1-7H2. The molecule has 2 saturated heterocycles. The van der Waals surface area contributed by atoms with Gasteiger partial charge in [0.2, 0.25) is 0 Å². The molecular formula is C9H18N2O. The predicted molar refractivity (Wildman–Crippen MR) is 48.3 cm³/mol. The molecule has 0 bridgehead atoms. The minimum Gasteiger partial charge on any atom is -0.380 e.